The van der Waals surface area contributed by atoms with Crippen LogP contribution in [0.1, 0.15) is 23.8 Å². The van der Waals surface area contributed by atoms with Crippen molar-refractivity contribution < 1.29 is 13.3 Å². The average molecular weight is 401 g/mol. The van der Waals surface area contributed by atoms with Gasteiger partial charge in [-0.2, -0.15) is 10.1 Å². The van der Waals surface area contributed by atoms with Crippen LogP contribution in [0, 0.1) is 12.7 Å². The summed E-state index contributed by atoms with van der Waals surface area (Å²) in [6.07, 6.45) is 4.43. The molecule has 144 valence electrons. The lowest BCUT2D eigenvalue weighted by Crippen LogP contribution is -1.99. The largest absolute Gasteiger partial charge is 0.414 e. The van der Waals surface area contributed by atoms with Crippen LogP contribution in [0.3, 0.4) is 0 Å². The summed E-state index contributed by atoms with van der Waals surface area (Å²) in [6.45, 7) is 2.09. The van der Waals surface area contributed by atoms with Gasteiger partial charge in [0.15, 0.2) is 0 Å². The van der Waals surface area contributed by atoms with E-state index in [9.17, 15) is 4.39 Å². The van der Waals surface area contributed by atoms with Crippen LogP contribution in [0.15, 0.2) is 45.0 Å². The molecule has 9 nitrogen and oxygen atoms in total. The molecule has 0 radical (unpaired) electrons. The molecule has 3 aromatic heterocycles. The summed E-state index contributed by atoms with van der Waals surface area (Å²) in [5.41, 5.74) is 1.17. The maximum Gasteiger partial charge on any atom is 0.276 e. The summed E-state index contributed by atoms with van der Waals surface area (Å²) in [5, 5.41) is 16.4. The highest BCUT2D eigenvalue weighted by molar-refractivity contribution is 7.99. The van der Waals surface area contributed by atoms with Crippen molar-refractivity contribution in [3.05, 3.63) is 54.0 Å². The van der Waals surface area contributed by atoms with Crippen LogP contribution in [0.4, 0.5) is 4.39 Å². The molecule has 0 bridgehead atoms. The van der Waals surface area contributed by atoms with Crippen LogP contribution >= 0.6 is 11.8 Å². The van der Waals surface area contributed by atoms with E-state index < -0.39 is 0 Å². The summed E-state index contributed by atoms with van der Waals surface area (Å²) in [5.74, 6) is 1.83. The van der Waals surface area contributed by atoms with Crippen LogP contribution in [0.5, 0.6) is 0 Å². The molecule has 0 N–H and O–H groups in total. The number of aromatic nitrogens is 7. The van der Waals surface area contributed by atoms with Crippen LogP contribution in [-0.2, 0) is 13.0 Å². The van der Waals surface area contributed by atoms with Crippen molar-refractivity contribution in [3.63, 3.8) is 0 Å². The molecule has 0 amide bonds. The minimum absolute atomic E-state index is 0.289. The lowest BCUT2D eigenvalue weighted by Gasteiger charge is -1.97. The average Bonchev–Trinajstić information content (AvgIpc) is 3.44. The Hall–Kier alpha value is -3.08. The summed E-state index contributed by atoms with van der Waals surface area (Å²) < 4.78 is 26.1. The normalized spacial score (nSPS) is 11.2. The first kappa shape index (κ1) is 18.3. The number of thioether (sulfide) groups is 1. The molecule has 0 spiro atoms. The van der Waals surface area contributed by atoms with Crippen LogP contribution < -0.4 is 0 Å². The number of hydrogen-bond acceptors (Lipinski definition) is 9. The zero-order valence-electron chi connectivity index (χ0n) is 14.9. The molecule has 0 saturated heterocycles. The quantitative estimate of drug-likeness (QED) is 0.325. The summed E-state index contributed by atoms with van der Waals surface area (Å²) in [7, 11) is 0. The van der Waals surface area contributed by atoms with Crippen LogP contribution in [0.25, 0.3) is 11.4 Å². The monoisotopic (exact) mass is 401 g/mol. The highest BCUT2D eigenvalue weighted by atomic mass is 32.2. The molecule has 0 atom stereocenters. The molecule has 4 rings (SSSR count). The standard InChI is InChI=1S/C17H16FN7O2S/c1-11-4-5-12(7-13(11)18)16-21-14(27-24-16)3-2-6-28-17-23-22-15(26-17)8-25-10-19-9-20-25/h4-5,7,9-10H,2-3,6,8H2,1H3. The van der Waals surface area contributed by atoms with E-state index in [1.54, 1.807) is 30.1 Å². The van der Waals surface area contributed by atoms with Crippen molar-refractivity contribution >= 4 is 11.8 Å². The molecule has 1 aromatic carbocycles. The van der Waals surface area contributed by atoms with Crippen molar-refractivity contribution in [2.45, 2.75) is 31.5 Å². The highest BCUT2D eigenvalue weighted by Crippen LogP contribution is 2.21. The Bertz CT molecular complexity index is 1050. The van der Waals surface area contributed by atoms with Crippen molar-refractivity contribution in [1.82, 2.24) is 35.1 Å². The van der Waals surface area contributed by atoms with Gasteiger partial charge in [-0.3, -0.25) is 0 Å². The van der Waals surface area contributed by atoms with Gasteiger partial charge in [0.05, 0.1) is 0 Å². The lowest BCUT2D eigenvalue weighted by atomic mass is 10.1. The zero-order chi connectivity index (χ0) is 19.3. The molecular formula is C17H16FN7O2S. The Labute approximate surface area is 163 Å². The number of benzene rings is 1. The van der Waals surface area contributed by atoms with Gasteiger partial charge in [0.1, 0.15) is 25.0 Å². The van der Waals surface area contributed by atoms with Gasteiger partial charge >= 0.3 is 0 Å². The molecular weight excluding hydrogens is 385 g/mol. The first-order valence-electron chi connectivity index (χ1n) is 8.54. The predicted molar refractivity (Wildman–Crippen MR) is 96.9 cm³/mol. The third-order valence-corrected chi connectivity index (χ3v) is 4.78. The molecule has 0 saturated carbocycles. The summed E-state index contributed by atoms with van der Waals surface area (Å²) in [6, 6.07) is 4.88. The van der Waals surface area contributed by atoms with Gasteiger partial charge in [-0.1, -0.05) is 29.1 Å². The first-order chi connectivity index (χ1) is 13.7. The third-order valence-electron chi connectivity index (χ3n) is 3.87. The van der Waals surface area contributed by atoms with E-state index in [1.165, 1.54) is 24.2 Å². The molecule has 4 aromatic rings. The minimum Gasteiger partial charge on any atom is -0.414 e. The molecule has 0 aliphatic carbocycles. The van der Waals surface area contributed by atoms with Gasteiger partial charge in [-0.15, -0.1) is 10.2 Å². The fraction of sp³-hybridized carbons (Fsp3) is 0.294. The van der Waals surface area contributed by atoms with Crippen LogP contribution in [-0.4, -0.2) is 40.9 Å². The number of aryl methyl sites for hydroxylation is 2. The zero-order valence-corrected chi connectivity index (χ0v) is 15.8. The van der Waals surface area contributed by atoms with E-state index in [-0.39, 0.29) is 5.82 Å². The van der Waals surface area contributed by atoms with Crippen molar-refractivity contribution in [2.75, 3.05) is 5.75 Å². The Morgan fingerprint density at radius 2 is 2.14 bits per heavy atom. The van der Waals surface area contributed by atoms with Crippen molar-refractivity contribution in [1.29, 1.82) is 0 Å². The molecule has 0 unspecified atom stereocenters. The predicted octanol–water partition coefficient (Wildman–Crippen LogP) is 2.93. The van der Waals surface area contributed by atoms with E-state index in [0.29, 0.717) is 46.9 Å². The maximum absolute atomic E-state index is 13.7. The van der Waals surface area contributed by atoms with Gasteiger partial charge in [0.2, 0.25) is 17.6 Å². The van der Waals surface area contributed by atoms with Crippen molar-refractivity contribution in [3.8, 4) is 11.4 Å². The molecule has 0 aliphatic heterocycles. The Morgan fingerprint density at radius 3 is 2.96 bits per heavy atom. The topological polar surface area (TPSA) is 109 Å². The summed E-state index contributed by atoms with van der Waals surface area (Å²) >= 11 is 1.45. The number of rotatable bonds is 8. The summed E-state index contributed by atoms with van der Waals surface area (Å²) in [4.78, 5) is 8.18. The molecule has 0 aliphatic rings. The van der Waals surface area contributed by atoms with Crippen molar-refractivity contribution in [2.24, 2.45) is 0 Å². The maximum atomic E-state index is 13.7. The Kier molecular flexibility index (Phi) is 5.42. The second-order valence-electron chi connectivity index (χ2n) is 5.98. The molecule has 3 heterocycles. The number of hydrogen-bond donors (Lipinski definition) is 0. The number of halogens is 1. The fourth-order valence-electron chi connectivity index (χ4n) is 2.40. The second kappa shape index (κ2) is 8.30. The molecule has 28 heavy (non-hydrogen) atoms. The van der Waals surface area contributed by atoms with Gasteiger partial charge in [-0.25, -0.2) is 14.1 Å². The smallest absolute Gasteiger partial charge is 0.276 e. The van der Waals surface area contributed by atoms with E-state index in [2.05, 4.69) is 30.4 Å². The van der Waals surface area contributed by atoms with Gasteiger partial charge in [0, 0.05) is 17.7 Å². The third kappa shape index (κ3) is 4.42. The lowest BCUT2D eigenvalue weighted by molar-refractivity contribution is 0.377. The number of nitrogens with zero attached hydrogens (tertiary/aromatic N) is 7. The van der Waals surface area contributed by atoms with Gasteiger partial charge in [0.25, 0.3) is 5.22 Å². The Morgan fingerprint density at radius 1 is 1.21 bits per heavy atom. The van der Waals surface area contributed by atoms with Gasteiger partial charge < -0.3 is 8.94 Å². The molecule has 11 heteroatoms. The molecule has 0 fully saturated rings. The van der Waals surface area contributed by atoms with E-state index in [4.69, 9.17) is 8.94 Å². The van der Waals surface area contributed by atoms with E-state index >= 15 is 0 Å². The Balaban J connectivity index is 1.25. The minimum atomic E-state index is -0.289. The SMILES string of the molecule is Cc1ccc(-c2noc(CCCSc3nnc(Cn4cncn4)o3)n2)cc1F. The first-order valence-corrected chi connectivity index (χ1v) is 9.52. The second-order valence-corrected chi connectivity index (χ2v) is 7.03. The van der Waals surface area contributed by atoms with Crippen LogP contribution in [0.2, 0.25) is 0 Å². The fourth-order valence-corrected chi connectivity index (χ4v) is 3.12. The van der Waals surface area contributed by atoms with Gasteiger partial charge in [-0.05, 0) is 25.0 Å². The highest BCUT2D eigenvalue weighted by Gasteiger charge is 2.11. The van der Waals surface area contributed by atoms with E-state index in [1.807, 2.05) is 0 Å². The van der Waals surface area contributed by atoms with E-state index in [0.717, 1.165) is 12.2 Å².